The first-order valence-electron chi connectivity index (χ1n) is 6.31. The molecule has 7 heteroatoms. The highest BCUT2D eigenvalue weighted by atomic mass is 32.1. The molecule has 1 aliphatic rings. The molecule has 1 aromatic rings. The van der Waals surface area contributed by atoms with E-state index in [4.69, 9.17) is 5.11 Å². The van der Waals surface area contributed by atoms with E-state index >= 15 is 0 Å². The van der Waals surface area contributed by atoms with Crippen molar-refractivity contribution in [3.8, 4) is 0 Å². The van der Waals surface area contributed by atoms with E-state index in [-0.39, 0.29) is 11.5 Å². The van der Waals surface area contributed by atoms with Crippen LogP contribution in [0.25, 0.3) is 0 Å². The first kappa shape index (κ1) is 13.8. The number of aromatic nitrogens is 1. The molecule has 2 rings (SSSR count). The van der Waals surface area contributed by atoms with Crippen molar-refractivity contribution in [2.75, 3.05) is 25.0 Å². The average molecular weight is 283 g/mol. The lowest BCUT2D eigenvalue weighted by Gasteiger charge is -2.15. The molecular weight excluding hydrogens is 266 g/mol. The minimum absolute atomic E-state index is 0.128. The molecule has 1 aliphatic heterocycles. The smallest absolute Gasteiger partial charge is 0.340 e. The zero-order valence-corrected chi connectivity index (χ0v) is 11.6. The first-order valence-corrected chi connectivity index (χ1v) is 7.08. The van der Waals surface area contributed by atoms with Crippen LogP contribution in [-0.2, 0) is 4.79 Å². The molecule has 0 unspecified atom stereocenters. The van der Waals surface area contributed by atoms with Crippen LogP contribution in [0.5, 0.6) is 0 Å². The number of carbonyl (C=O) groups excluding carboxylic acids is 1. The molecule has 0 aromatic carbocycles. The number of nitrogens with zero attached hydrogens (tertiary/aromatic N) is 2. The maximum Gasteiger partial charge on any atom is 0.340 e. The number of aromatic carboxylic acids is 1. The quantitative estimate of drug-likeness (QED) is 0.857. The highest BCUT2D eigenvalue weighted by molar-refractivity contribution is 7.10. The Hall–Kier alpha value is -1.63. The van der Waals surface area contributed by atoms with Gasteiger partial charge in [0.05, 0.1) is 5.69 Å². The van der Waals surface area contributed by atoms with Crippen LogP contribution in [0, 0.1) is 6.92 Å². The summed E-state index contributed by atoms with van der Waals surface area (Å²) in [4.78, 5) is 24.7. The highest BCUT2D eigenvalue weighted by Crippen LogP contribution is 2.24. The summed E-state index contributed by atoms with van der Waals surface area (Å²) in [6, 6.07) is 0. The number of carboxylic acids is 1. The fraction of sp³-hybridized carbons (Fsp3) is 0.583. The van der Waals surface area contributed by atoms with Crippen LogP contribution in [-0.4, -0.2) is 45.9 Å². The normalized spacial score (nSPS) is 14.7. The van der Waals surface area contributed by atoms with E-state index in [0.717, 1.165) is 37.5 Å². The number of likely N-dealkylation sites (tertiary alicyclic amines) is 1. The summed E-state index contributed by atoms with van der Waals surface area (Å²) < 4.78 is 4.02. The second-order valence-corrected chi connectivity index (χ2v) is 5.32. The van der Waals surface area contributed by atoms with Gasteiger partial charge in [-0.05, 0) is 31.3 Å². The number of amides is 1. The van der Waals surface area contributed by atoms with Gasteiger partial charge in [-0.2, -0.15) is 4.37 Å². The summed E-state index contributed by atoms with van der Waals surface area (Å²) in [5, 5.41) is 12.6. The standard InChI is InChI=1S/C12H17N3O3S/c1-8-10(12(17)18)11(19-14-8)13-5-4-9(16)15-6-2-3-7-15/h13H,2-7H2,1H3,(H,17,18). The molecule has 2 N–H and O–H groups in total. The van der Waals surface area contributed by atoms with Crippen LogP contribution >= 0.6 is 11.5 Å². The number of carboxylic acid groups (broad SMARTS) is 1. The minimum atomic E-state index is -0.986. The number of anilines is 1. The molecule has 104 valence electrons. The lowest BCUT2D eigenvalue weighted by Crippen LogP contribution is -2.29. The maximum absolute atomic E-state index is 11.8. The largest absolute Gasteiger partial charge is 0.478 e. The van der Waals surface area contributed by atoms with Crippen LogP contribution in [0.1, 0.15) is 35.3 Å². The number of hydrogen-bond donors (Lipinski definition) is 2. The summed E-state index contributed by atoms with van der Waals surface area (Å²) in [6.07, 6.45) is 2.54. The Labute approximate surface area is 115 Å². The van der Waals surface area contributed by atoms with Crippen molar-refractivity contribution in [1.29, 1.82) is 0 Å². The Kier molecular flexibility index (Phi) is 4.36. The summed E-state index contributed by atoms with van der Waals surface area (Å²) in [5.41, 5.74) is 0.712. The Balaban J connectivity index is 1.85. The third-order valence-corrected chi connectivity index (χ3v) is 4.06. The summed E-state index contributed by atoms with van der Waals surface area (Å²) >= 11 is 1.12. The molecule has 0 spiro atoms. The zero-order chi connectivity index (χ0) is 13.8. The van der Waals surface area contributed by atoms with Gasteiger partial charge in [0.15, 0.2) is 0 Å². The molecule has 1 aromatic heterocycles. The Morgan fingerprint density at radius 1 is 1.42 bits per heavy atom. The highest BCUT2D eigenvalue weighted by Gasteiger charge is 2.19. The van der Waals surface area contributed by atoms with E-state index in [1.807, 2.05) is 4.90 Å². The van der Waals surface area contributed by atoms with Gasteiger partial charge in [-0.15, -0.1) is 0 Å². The lowest BCUT2D eigenvalue weighted by molar-refractivity contribution is -0.129. The van der Waals surface area contributed by atoms with Crippen LogP contribution in [0.15, 0.2) is 0 Å². The topological polar surface area (TPSA) is 82.5 Å². The molecule has 19 heavy (non-hydrogen) atoms. The van der Waals surface area contributed by atoms with Crippen LogP contribution < -0.4 is 5.32 Å². The fourth-order valence-corrected chi connectivity index (χ4v) is 2.96. The summed E-state index contributed by atoms with van der Waals surface area (Å²) in [5.74, 6) is -0.859. The molecule has 2 heterocycles. The number of carbonyl (C=O) groups is 2. The molecule has 0 bridgehead atoms. The predicted octanol–water partition coefficient (Wildman–Crippen LogP) is 1.57. The number of hydrogen-bond acceptors (Lipinski definition) is 5. The van der Waals surface area contributed by atoms with Gasteiger partial charge in [-0.25, -0.2) is 4.79 Å². The first-order chi connectivity index (χ1) is 9.09. The molecule has 0 atom stereocenters. The van der Waals surface area contributed by atoms with Crippen molar-refractivity contribution in [3.63, 3.8) is 0 Å². The zero-order valence-electron chi connectivity index (χ0n) is 10.8. The van der Waals surface area contributed by atoms with Gasteiger partial charge >= 0.3 is 5.97 Å². The van der Waals surface area contributed by atoms with E-state index in [9.17, 15) is 9.59 Å². The van der Waals surface area contributed by atoms with Crippen LogP contribution in [0.2, 0.25) is 0 Å². The van der Waals surface area contributed by atoms with Gasteiger partial charge in [0.1, 0.15) is 10.6 Å². The summed E-state index contributed by atoms with van der Waals surface area (Å²) in [7, 11) is 0. The number of nitrogens with one attached hydrogen (secondary N) is 1. The minimum Gasteiger partial charge on any atom is -0.478 e. The van der Waals surface area contributed by atoms with Crippen molar-refractivity contribution in [3.05, 3.63) is 11.3 Å². The van der Waals surface area contributed by atoms with E-state index in [1.54, 1.807) is 6.92 Å². The van der Waals surface area contributed by atoms with Crippen LogP contribution in [0.4, 0.5) is 5.00 Å². The van der Waals surface area contributed by atoms with Gasteiger partial charge in [-0.1, -0.05) is 0 Å². The Morgan fingerprint density at radius 3 is 2.74 bits per heavy atom. The molecule has 1 fully saturated rings. The van der Waals surface area contributed by atoms with E-state index < -0.39 is 5.97 Å². The molecule has 0 aliphatic carbocycles. The SMILES string of the molecule is Cc1nsc(NCCC(=O)N2CCCC2)c1C(=O)O. The number of rotatable bonds is 5. The van der Waals surface area contributed by atoms with Crippen LogP contribution in [0.3, 0.4) is 0 Å². The third-order valence-electron chi connectivity index (χ3n) is 3.16. The second-order valence-electron chi connectivity index (χ2n) is 4.54. The predicted molar refractivity (Wildman–Crippen MR) is 72.7 cm³/mol. The lowest BCUT2D eigenvalue weighted by atomic mass is 10.2. The second kappa shape index (κ2) is 6.01. The van der Waals surface area contributed by atoms with Gasteiger partial charge in [0.25, 0.3) is 0 Å². The van der Waals surface area contributed by atoms with E-state index in [0.29, 0.717) is 23.7 Å². The molecule has 1 amide bonds. The van der Waals surface area contributed by atoms with Crippen molar-refractivity contribution < 1.29 is 14.7 Å². The molecule has 0 radical (unpaired) electrons. The van der Waals surface area contributed by atoms with Crippen molar-refractivity contribution in [1.82, 2.24) is 9.27 Å². The number of aryl methyl sites for hydroxylation is 1. The fourth-order valence-electron chi connectivity index (χ4n) is 2.15. The van der Waals surface area contributed by atoms with Gasteiger partial charge in [0, 0.05) is 26.1 Å². The Bertz CT molecular complexity index is 481. The average Bonchev–Trinajstić information content (AvgIpc) is 2.98. The van der Waals surface area contributed by atoms with Crippen molar-refractivity contribution >= 4 is 28.4 Å². The van der Waals surface area contributed by atoms with Gasteiger partial charge in [-0.3, -0.25) is 4.79 Å². The van der Waals surface area contributed by atoms with Crippen molar-refractivity contribution in [2.24, 2.45) is 0 Å². The molecule has 1 saturated heterocycles. The van der Waals surface area contributed by atoms with Gasteiger partial charge in [0.2, 0.25) is 5.91 Å². The summed E-state index contributed by atoms with van der Waals surface area (Å²) in [6.45, 7) is 3.80. The third kappa shape index (κ3) is 3.23. The molecular formula is C12H17N3O3S. The van der Waals surface area contributed by atoms with E-state index in [1.165, 1.54) is 0 Å². The Morgan fingerprint density at radius 2 is 2.11 bits per heavy atom. The van der Waals surface area contributed by atoms with E-state index in [2.05, 4.69) is 9.69 Å². The molecule has 0 saturated carbocycles. The van der Waals surface area contributed by atoms with Gasteiger partial charge < -0.3 is 15.3 Å². The maximum atomic E-state index is 11.8. The van der Waals surface area contributed by atoms with Crippen molar-refractivity contribution in [2.45, 2.75) is 26.2 Å². The monoisotopic (exact) mass is 283 g/mol. The molecule has 6 nitrogen and oxygen atoms in total.